The molecule has 3 aromatic rings. The number of halogens is 3. The molecular weight excluding hydrogens is 376 g/mol. The van der Waals surface area contributed by atoms with E-state index < -0.39 is 11.6 Å². The Morgan fingerprint density at radius 3 is 2.81 bits per heavy atom. The molecule has 1 aliphatic rings. The number of carbonyl (C=O) groups is 1. The van der Waals surface area contributed by atoms with Gasteiger partial charge in [0.1, 0.15) is 11.6 Å². The molecule has 2 aromatic carbocycles. The fraction of sp³-hybridized carbons (Fsp3) is 0.211. The zero-order chi connectivity index (χ0) is 19.0. The number of hydrogen-bond donors (Lipinski definition) is 0. The minimum absolute atomic E-state index is 0.0625. The van der Waals surface area contributed by atoms with Crippen molar-refractivity contribution in [2.75, 3.05) is 6.54 Å². The molecule has 5 nitrogen and oxygen atoms in total. The second kappa shape index (κ2) is 7.08. The van der Waals surface area contributed by atoms with Gasteiger partial charge in [-0.2, -0.15) is 4.98 Å². The first-order valence-corrected chi connectivity index (χ1v) is 8.69. The monoisotopic (exact) mass is 389 g/mol. The van der Waals surface area contributed by atoms with Crippen molar-refractivity contribution >= 4 is 17.5 Å². The second-order valence-electron chi connectivity index (χ2n) is 6.35. The van der Waals surface area contributed by atoms with Gasteiger partial charge in [0, 0.05) is 36.7 Å². The molecule has 0 N–H and O–H groups in total. The molecule has 0 aliphatic carbocycles. The molecule has 0 bridgehead atoms. The lowest BCUT2D eigenvalue weighted by atomic mass is 10.1. The van der Waals surface area contributed by atoms with Crippen molar-refractivity contribution in [3.8, 4) is 11.4 Å². The maximum Gasteiger partial charge on any atom is 0.232 e. The number of amides is 1. The molecule has 8 heteroatoms. The molecule has 4 rings (SSSR count). The SMILES string of the molecule is O=C1CC(c2nc(-c3ccccc3Cl)no2)CN1Cc1ccc(F)cc1F. The Morgan fingerprint density at radius 2 is 2.04 bits per heavy atom. The molecule has 1 aromatic heterocycles. The van der Waals surface area contributed by atoms with E-state index in [4.69, 9.17) is 16.1 Å². The third kappa shape index (κ3) is 3.55. The van der Waals surface area contributed by atoms with E-state index in [-0.39, 0.29) is 30.4 Å². The second-order valence-corrected chi connectivity index (χ2v) is 6.75. The largest absolute Gasteiger partial charge is 0.339 e. The molecule has 0 saturated carbocycles. The van der Waals surface area contributed by atoms with Crippen LogP contribution in [0.5, 0.6) is 0 Å². The van der Waals surface area contributed by atoms with Crippen molar-refractivity contribution in [1.82, 2.24) is 15.0 Å². The van der Waals surface area contributed by atoms with Crippen molar-refractivity contribution in [2.45, 2.75) is 18.9 Å². The molecule has 1 fully saturated rings. The van der Waals surface area contributed by atoms with Gasteiger partial charge in [0.15, 0.2) is 0 Å². The first-order valence-electron chi connectivity index (χ1n) is 8.31. The number of hydrogen-bond acceptors (Lipinski definition) is 4. The minimum atomic E-state index is -0.676. The number of aromatic nitrogens is 2. The number of benzene rings is 2. The van der Waals surface area contributed by atoms with Crippen LogP contribution in [0.4, 0.5) is 8.78 Å². The highest BCUT2D eigenvalue weighted by molar-refractivity contribution is 6.33. The molecule has 0 spiro atoms. The molecule has 0 radical (unpaired) electrons. The fourth-order valence-electron chi connectivity index (χ4n) is 3.10. The standard InChI is InChI=1S/C19H14ClF2N3O2/c20-15-4-2-1-3-14(15)18-23-19(27-24-18)12-7-17(26)25(10-12)9-11-5-6-13(21)8-16(11)22/h1-6,8,12H,7,9-10H2. The van der Waals surface area contributed by atoms with E-state index >= 15 is 0 Å². The van der Waals surface area contributed by atoms with Gasteiger partial charge in [-0.25, -0.2) is 8.78 Å². The zero-order valence-electron chi connectivity index (χ0n) is 14.0. The lowest BCUT2D eigenvalue weighted by Crippen LogP contribution is -2.25. The van der Waals surface area contributed by atoms with Crippen molar-refractivity contribution in [3.05, 3.63) is 70.6 Å². The van der Waals surface area contributed by atoms with Crippen molar-refractivity contribution in [2.24, 2.45) is 0 Å². The van der Waals surface area contributed by atoms with Gasteiger partial charge in [-0.05, 0) is 18.2 Å². The van der Waals surface area contributed by atoms with E-state index in [0.717, 1.165) is 6.07 Å². The predicted molar refractivity (Wildman–Crippen MR) is 93.9 cm³/mol. The Bertz CT molecular complexity index is 1010. The zero-order valence-corrected chi connectivity index (χ0v) is 14.8. The summed E-state index contributed by atoms with van der Waals surface area (Å²) in [6.45, 7) is 0.382. The van der Waals surface area contributed by atoms with E-state index in [1.165, 1.54) is 17.0 Å². The minimum Gasteiger partial charge on any atom is -0.339 e. The maximum atomic E-state index is 13.8. The van der Waals surface area contributed by atoms with E-state index in [2.05, 4.69) is 10.1 Å². The summed E-state index contributed by atoms with van der Waals surface area (Å²) in [5.41, 5.74) is 0.899. The third-order valence-corrected chi connectivity index (χ3v) is 4.83. The van der Waals surface area contributed by atoms with Crippen LogP contribution in [-0.2, 0) is 11.3 Å². The molecule has 138 valence electrons. The van der Waals surface area contributed by atoms with Crippen LogP contribution in [0.15, 0.2) is 47.0 Å². The molecule has 2 heterocycles. The molecule has 27 heavy (non-hydrogen) atoms. The Labute approximate surface area is 158 Å². The molecule has 1 aliphatic heterocycles. The highest BCUT2D eigenvalue weighted by Crippen LogP contribution is 2.31. The van der Waals surface area contributed by atoms with Crippen molar-refractivity contribution in [3.63, 3.8) is 0 Å². The highest BCUT2D eigenvalue weighted by atomic mass is 35.5. The molecule has 1 unspecified atom stereocenters. The van der Waals surface area contributed by atoms with Gasteiger partial charge in [-0.15, -0.1) is 0 Å². The van der Waals surface area contributed by atoms with Crippen LogP contribution in [0.1, 0.15) is 23.8 Å². The maximum absolute atomic E-state index is 13.8. The molecular formula is C19H14ClF2N3O2. The number of nitrogens with zero attached hydrogens (tertiary/aromatic N) is 3. The Morgan fingerprint density at radius 1 is 1.22 bits per heavy atom. The van der Waals surface area contributed by atoms with Crippen molar-refractivity contribution < 1.29 is 18.1 Å². The Balaban J connectivity index is 1.50. The van der Waals surface area contributed by atoms with Gasteiger partial charge in [-0.1, -0.05) is 35.0 Å². The summed E-state index contributed by atoms with van der Waals surface area (Å²) in [5.74, 6) is -1.08. The molecule has 1 amide bonds. The topological polar surface area (TPSA) is 59.2 Å². The van der Waals surface area contributed by atoms with E-state index in [1.807, 2.05) is 6.07 Å². The lowest BCUT2D eigenvalue weighted by molar-refractivity contribution is -0.128. The third-order valence-electron chi connectivity index (χ3n) is 4.50. The first-order chi connectivity index (χ1) is 13.0. The van der Waals surface area contributed by atoms with Crippen LogP contribution < -0.4 is 0 Å². The summed E-state index contributed by atoms with van der Waals surface area (Å²) in [4.78, 5) is 18.2. The van der Waals surface area contributed by atoms with Gasteiger partial charge < -0.3 is 9.42 Å². The van der Waals surface area contributed by atoms with Gasteiger partial charge in [-0.3, -0.25) is 4.79 Å². The number of likely N-dealkylation sites (tertiary alicyclic amines) is 1. The van der Waals surface area contributed by atoms with E-state index in [0.29, 0.717) is 28.8 Å². The van der Waals surface area contributed by atoms with Gasteiger partial charge in [0.2, 0.25) is 17.6 Å². The Kier molecular flexibility index (Phi) is 4.61. The first kappa shape index (κ1) is 17.6. The van der Waals surface area contributed by atoms with Gasteiger partial charge in [0.05, 0.1) is 10.9 Å². The highest BCUT2D eigenvalue weighted by Gasteiger charge is 2.34. The van der Waals surface area contributed by atoms with Crippen LogP contribution in [0.2, 0.25) is 5.02 Å². The van der Waals surface area contributed by atoms with Crippen LogP contribution in [0.3, 0.4) is 0 Å². The summed E-state index contributed by atoms with van der Waals surface area (Å²) >= 11 is 6.14. The lowest BCUT2D eigenvalue weighted by Gasteiger charge is -2.16. The van der Waals surface area contributed by atoms with E-state index in [9.17, 15) is 13.6 Å². The summed E-state index contributed by atoms with van der Waals surface area (Å²) < 4.78 is 32.2. The Hall–Kier alpha value is -2.80. The average molecular weight is 390 g/mol. The summed E-state index contributed by atoms with van der Waals surface area (Å²) in [7, 11) is 0. The molecule has 1 atom stereocenters. The average Bonchev–Trinajstić information content (AvgIpc) is 3.25. The fourth-order valence-corrected chi connectivity index (χ4v) is 3.32. The van der Waals surface area contributed by atoms with Crippen LogP contribution in [-0.4, -0.2) is 27.5 Å². The van der Waals surface area contributed by atoms with Crippen molar-refractivity contribution in [1.29, 1.82) is 0 Å². The summed E-state index contributed by atoms with van der Waals surface area (Å²) in [6, 6.07) is 10.4. The van der Waals surface area contributed by atoms with Gasteiger partial charge >= 0.3 is 0 Å². The normalized spacial score (nSPS) is 16.9. The summed E-state index contributed by atoms with van der Waals surface area (Å²) in [5, 5.41) is 4.45. The van der Waals surface area contributed by atoms with Crippen LogP contribution in [0, 0.1) is 11.6 Å². The van der Waals surface area contributed by atoms with Crippen LogP contribution >= 0.6 is 11.6 Å². The number of rotatable bonds is 4. The number of carbonyl (C=O) groups excluding carboxylic acids is 1. The van der Waals surface area contributed by atoms with E-state index in [1.54, 1.807) is 18.2 Å². The summed E-state index contributed by atoms with van der Waals surface area (Å²) in [6.07, 6.45) is 0.187. The van der Waals surface area contributed by atoms with Gasteiger partial charge in [0.25, 0.3) is 0 Å². The molecule has 1 saturated heterocycles. The smallest absolute Gasteiger partial charge is 0.232 e. The quantitative estimate of drug-likeness (QED) is 0.671. The van der Waals surface area contributed by atoms with Crippen LogP contribution in [0.25, 0.3) is 11.4 Å². The predicted octanol–water partition coefficient (Wildman–Crippen LogP) is 4.18.